The predicted molar refractivity (Wildman–Crippen MR) is 51.1 cm³/mol. The van der Waals surface area contributed by atoms with Crippen molar-refractivity contribution < 1.29 is 15.7 Å². The Morgan fingerprint density at radius 1 is 1.93 bits per heavy atom. The van der Waals surface area contributed by atoms with Crippen LogP contribution in [0.2, 0.25) is 0 Å². The van der Waals surface area contributed by atoms with Gasteiger partial charge in [-0.05, 0) is 6.92 Å². The van der Waals surface area contributed by atoms with Crippen LogP contribution in [0.15, 0.2) is 5.38 Å². The quantitative estimate of drug-likeness (QED) is 0.596. The molecule has 1 atom stereocenters. The van der Waals surface area contributed by atoms with Crippen LogP contribution in [0.25, 0.3) is 0 Å². The number of nitrogens with zero attached hydrogens (tertiary/aromatic N) is 1. The summed E-state index contributed by atoms with van der Waals surface area (Å²) >= 11 is 1.14. The molecule has 76 valence electrons. The fraction of sp³-hybridized carbons (Fsp3) is 0.375. The molecule has 1 N–H and O–H groups in total. The van der Waals surface area contributed by atoms with Crippen LogP contribution in [-0.2, 0) is 9.53 Å². The molecular formula is C8H10N2O3S. The van der Waals surface area contributed by atoms with Gasteiger partial charge >= 0.3 is 5.97 Å². The van der Waals surface area contributed by atoms with Gasteiger partial charge in [0.1, 0.15) is 1.37 Å². The van der Waals surface area contributed by atoms with E-state index >= 15 is 0 Å². The first kappa shape index (κ1) is 9.14. The summed E-state index contributed by atoms with van der Waals surface area (Å²) in [6.07, 6.45) is -0.880. The Hall–Kier alpha value is -1.43. The number of amides is 1. The molecule has 1 aromatic rings. The van der Waals surface area contributed by atoms with Gasteiger partial charge in [0.05, 0.1) is 18.8 Å². The van der Waals surface area contributed by atoms with Gasteiger partial charge in [-0.3, -0.25) is 4.79 Å². The predicted octanol–water partition coefficient (Wildman–Crippen LogP) is 0.737. The van der Waals surface area contributed by atoms with E-state index in [4.69, 9.17) is 1.37 Å². The highest BCUT2D eigenvalue weighted by atomic mass is 32.1. The number of rotatable bonds is 3. The van der Waals surface area contributed by atoms with Gasteiger partial charge in [-0.2, -0.15) is 0 Å². The minimum Gasteiger partial charge on any atom is -0.464 e. The second-order valence-electron chi connectivity index (χ2n) is 2.54. The van der Waals surface area contributed by atoms with Crippen LogP contribution in [0, 0.1) is 0 Å². The number of methoxy groups -OCH3 is 1. The number of esters is 1. The lowest BCUT2D eigenvalue weighted by Gasteiger charge is -2.04. The van der Waals surface area contributed by atoms with E-state index in [9.17, 15) is 9.59 Å². The lowest BCUT2D eigenvalue weighted by Crippen LogP contribution is -2.16. The normalized spacial score (nSPS) is 12.9. The van der Waals surface area contributed by atoms with E-state index in [-0.39, 0.29) is 11.0 Å². The van der Waals surface area contributed by atoms with Crippen molar-refractivity contribution in [1.29, 1.82) is 0 Å². The third-order valence-electron chi connectivity index (χ3n) is 1.60. The number of hydrogen-bond acceptors (Lipinski definition) is 5. The summed E-state index contributed by atoms with van der Waals surface area (Å²) in [6, 6.07) is -0.385. The maximum Gasteiger partial charge on any atom is 0.367 e. The van der Waals surface area contributed by atoms with E-state index in [0.717, 1.165) is 11.3 Å². The molecule has 0 radical (unpaired) electrons. The zero-order chi connectivity index (χ0) is 11.4. The van der Waals surface area contributed by atoms with Crippen molar-refractivity contribution in [2.45, 2.75) is 13.0 Å². The van der Waals surface area contributed by atoms with Gasteiger partial charge in [0.2, 0.25) is 11.4 Å². The Morgan fingerprint density at radius 2 is 2.64 bits per heavy atom. The van der Waals surface area contributed by atoms with Gasteiger partial charge in [0.25, 0.3) is 0 Å². The van der Waals surface area contributed by atoms with Crippen molar-refractivity contribution in [3.63, 3.8) is 0 Å². The van der Waals surface area contributed by atoms with Gasteiger partial charge in [0, 0.05) is 5.38 Å². The summed E-state index contributed by atoms with van der Waals surface area (Å²) in [4.78, 5) is 25.5. The van der Waals surface area contributed by atoms with Crippen LogP contribution in [0.1, 0.15) is 29.8 Å². The summed E-state index contributed by atoms with van der Waals surface area (Å²) in [5.41, 5.74) is 0.543. The van der Waals surface area contributed by atoms with Crippen LogP contribution >= 0.6 is 11.3 Å². The van der Waals surface area contributed by atoms with Crippen molar-refractivity contribution in [3.8, 4) is 0 Å². The first-order valence-electron chi connectivity index (χ1n) is 4.35. The molecule has 1 rings (SSSR count). The lowest BCUT2D eigenvalue weighted by molar-refractivity contribution is -0.110. The number of hydrogen-bond donors (Lipinski definition) is 1. The first-order chi connectivity index (χ1) is 7.04. The van der Waals surface area contributed by atoms with Crippen LogP contribution in [0.4, 0.5) is 0 Å². The molecule has 0 saturated carbocycles. The molecule has 0 fully saturated rings. The molecule has 0 aliphatic carbocycles. The highest BCUT2D eigenvalue weighted by Crippen LogP contribution is 2.16. The minimum absolute atomic E-state index is 0.235. The maximum absolute atomic E-state index is 11.1. The number of thiazole rings is 1. The van der Waals surface area contributed by atoms with Crippen molar-refractivity contribution in [3.05, 3.63) is 16.1 Å². The molecule has 1 unspecified atom stereocenters. The molecule has 6 heteroatoms. The Morgan fingerprint density at radius 3 is 3.21 bits per heavy atom. The molecule has 0 aliphatic rings. The number of aromatic nitrogens is 1. The molecule has 5 nitrogen and oxygen atoms in total. The van der Waals surface area contributed by atoms with Crippen LogP contribution in [-0.4, -0.2) is 24.4 Å². The molecule has 0 spiro atoms. The standard InChI is InChI=1S/C8H10N2O3S/c1-5(9-4-11)6-3-14-7(10-6)8(12)13-2/h3-5H,1-2H3,(H,9,11)/i4D. The number of nitrogens with one attached hydrogen (secondary N) is 1. The van der Waals surface area contributed by atoms with E-state index in [1.54, 1.807) is 12.3 Å². The largest absolute Gasteiger partial charge is 0.464 e. The van der Waals surface area contributed by atoms with Gasteiger partial charge < -0.3 is 10.1 Å². The number of carbonyl (C=O) groups excluding carboxylic acids is 2. The Labute approximate surface area is 86.5 Å². The van der Waals surface area contributed by atoms with E-state index in [2.05, 4.69) is 15.0 Å². The highest BCUT2D eigenvalue weighted by molar-refractivity contribution is 7.11. The molecule has 0 bridgehead atoms. The second kappa shape index (κ2) is 4.71. The summed E-state index contributed by atoms with van der Waals surface area (Å²) in [5.74, 6) is -0.504. The fourth-order valence-electron chi connectivity index (χ4n) is 0.828. The highest BCUT2D eigenvalue weighted by Gasteiger charge is 2.14. The summed E-state index contributed by atoms with van der Waals surface area (Å²) in [7, 11) is 1.28. The summed E-state index contributed by atoms with van der Waals surface area (Å²) in [6.45, 7) is 1.68. The Kier molecular flexibility index (Phi) is 3.07. The lowest BCUT2D eigenvalue weighted by atomic mass is 10.3. The second-order valence-corrected chi connectivity index (χ2v) is 3.40. The third kappa shape index (κ3) is 2.29. The van der Waals surface area contributed by atoms with Crippen molar-refractivity contribution in [2.24, 2.45) is 0 Å². The molecule has 0 aliphatic heterocycles. The number of carbonyl (C=O) groups is 2. The van der Waals surface area contributed by atoms with E-state index < -0.39 is 12.4 Å². The monoisotopic (exact) mass is 215 g/mol. The van der Waals surface area contributed by atoms with Crippen LogP contribution < -0.4 is 5.32 Å². The zero-order valence-electron chi connectivity index (χ0n) is 8.73. The SMILES string of the molecule is [2H]C(=O)NC(C)c1csc(C(=O)OC)n1. The Bertz CT molecular complexity index is 380. The molecule has 1 heterocycles. The van der Waals surface area contributed by atoms with E-state index in [1.807, 2.05) is 0 Å². The average Bonchev–Trinajstić information content (AvgIpc) is 2.64. The van der Waals surface area contributed by atoms with Gasteiger partial charge in [0.15, 0.2) is 0 Å². The summed E-state index contributed by atoms with van der Waals surface area (Å²) < 4.78 is 11.2. The molecule has 1 aromatic heterocycles. The van der Waals surface area contributed by atoms with Gasteiger partial charge in [-0.1, -0.05) is 0 Å². The van der Waals surface area contributed by atoms with Gasteiger partial charge in [-0.25, -0.2) is 9.78 Å². The van der Waals surface area contributed by atoms with Gasteiger partial charge in [-0.15, -0.1) is 11.3 Å². The Balaban J connectivity index is 2.75. The summed E-state index contributed by atoms with van der Waals surface area (Å²) in [5, 5.41) is 4.23. The molecule has 14 heavy (non-hydrogen) atoms. The van der Waals surface area contributed by atoms with Crippen molar-refractivity contribution >= 4 is 23.7 Å². The first-order valence-corrected chi connectivity index (χ1v) is 4.73. The third-order valence-corrected chi connectivity index (χ3v) is 2.44. The molecule has 1 amide bonds. The molecule has 0 saturated heterocycles. The van der Waals surface area contributed by atoms with E-state index in [0.29, 0.717) is 5.69 Å². The smallest absolute Gasteiger partial charge is 0.367 e. The number of ether oxygens (including phenoxy) is 1. The van der Waals surface area contributed by atoms with Crippen LogP contribution in [0.3, 0.4) is 0 Å². The minimum atomic E-state index is -0.880. The fourth-order valence-corrected chi connectivity index (χ4v) is 1.66. The van der Waals surface area contributed by atoms with Crippen molar-refractivity contribution in [1.82, 2.24) is 10.3 Å². The van der Waals surface area contributed by atoms with Crippen LogP contribution in [0.5, 0.6) is 0 Å². The maximum atomic E-state index is 11.1. The van der Waals surface area contributed by atoms with Crippen molar-refractivity contribution in [2.75, 3.05) is 7.11 Å². The molecule has 0 aromatic carbocycles. The zero-order valence-corrected chi connectivity index (χ0v) is 8.55. The topological polar surface area (TPSA) is 68.3 Å². The van der Waals surface area contributed by atoms with E-state index in [1.165, 1.54) is 7.11 Å². The average molecular weight is 215 g/mol. The molecular weight excluding hydrogens is 204 g/mol.